The third kappa shape index (κ3) is 3.53. The highest BCUT2D eigenvalue weighted by Gasteiger charge is 2.40. The van der Waals surface area contributed by atoms with Crippen molar-refractivity contribution in [2.75, 3.05) is 32.8 Å². The number of nitrogens with zero attached hydrogens (tertiary/aromatic N) is 2. The van der Waals surface area contributed by atoms with Crippen LogP contribution in [0.2, 0.25) is 0 Å². The summed E-state index contributed by atoms with van der Waals surface area (Å²) in [6, 6.07) is 10.8. The van der Waals surface area contributed by atoms with Gasteiger partial charge in [-0.3, -0.25) is 9.80 Å². The Kier molecular flexibility index (Phi) is 5.17. The second-order valence-electron chi connectivity index (χ2n) is 6.96. The minimum absolute atomic E-state index is 0.385. The summed E-state index contributed by atoms with van der Waals surface area (Å²) < 4.78 is 5.79. The first-order chi connectivity index (χ1) is 10.7. The summed E-state index contributed by atoms with van der Waals surface area (Å²) in [5.74, 6) is 0. The Morgan fingerprint density at radius 1 is 1.14 bits per heavy atom. The lowest BCUT2D eigenvalue weighted by atomic mass is 9.82. The number of ether oxygens (including phenoxy) is 1. The smallest absolute Gasteiger partial charge is 0.0564 e. The molecule has 3 nitrogen and oxygen atoms in total. The summed E-state index contributed by atoms with van der Waals surface area (Å²) in [5.41, 5.74) is 1.82. The second-order valence-corrected chi connectivity index (χ2v) is 6.96. The maximum atomic E-state index is 5.79. The van der Waals surface area contributed by atoms with Gasteiger partial charge in [-0.15, -0.1) is 0 Å². The van der Waals surface area contributed by atoms with E-state index in [9.17, 15) is 0 Å². The SMILES string of the molecule is CC[C@@]1(N2CCN(Cc3ccccc3)CC2)CCO[C@@H](C)C1. The van der Waals surface area contributed by atoms with Crippen LogP contribution in [0.5, 0.6) is 0 Å². The molecule has 3 heteroatoms. The van der Waals surface area contributed by atoms with Gasteiger partial charge in [0.25, 0.3) is 0 Å². The van der Waals surface area contributed by atoms with Crippen LogP contribution in [-0.2, 0) is 11.3 Å². The maximum absolute atomic E-state index is 5.79. The molecule has 1 aromatic rings. The molecule has 0 aromatic heterocycles. The van der Waals surface area contributed by atoms with Crippen molar-refractivity contribution in [1.29, 1.82) is 0 Å². The molecule has 1 aromatic carbocycles. The van der Waals surface area contributed by atoms with Gasteiger partial charge >= 0.3 is 0 Å². The zero-order valence-corrected chi connectivity index (χ0v) is 14.1. The molecule has 2 atom stereocenters. The monoisotopic (exact) mass is 302 g/mol. The average molecular weight is 302 g/mol. The predicted octanol–water partition coefficient (Wildman–Crippen LogP) is 3.15. The molecule has 0 spiro atoms. The van der Waals surface area contributed by atoms with Crippen molar-refractivity contribution < 1.29 is 4.74 Å². The molecule has 2 heterocycles. The Morgan fingerprint density at radius 3 is 2.50 bits per heavy atom. The van der Waals surface area contributed by atoms with Crippen LogP contribution in [0.25, 0.3) is 0 Å². The molecule has 0 radical (unpaired) electrons. The molecular formula is C19H30N2O. The van der Waals surface area contributed by atoms with Crippen LogP contribution in [0.1, 0.15) is 38.7 Å². The van der Waals surface area contributed by atoms with Crippen LogP contribution < -0.4 is 0 Å². The van der Waals surface area contributed by atoms with Crippen molar-refractivity contribution in [2.24, 2.45) is 0 Å². The Labute approximate surface area is 135 Å². The average Bonchev–Trinajstić information content (AvgIpc) is 2.56. The molecule has 0 saturated carbocycles. The van der Waals surface area contributed by atoms with Crippen molar-refractivity contribution in [3.63, 3.8) is 0 Å². The number of rotatable bonds is 4. The molecule has 2 aliphatic rings. The van der Waals surface area contributed by atoms with E-state index in [1.807, 2.05) is 0 Å². The van der Waals surface area contributed by atoms with Crippen molar-refractivity contribution >= 4 is 0 Å². The fourth-order valence-corrected chi connectivity index (χ4v) is 4.20. The highest BCUT2D eigenvalue weighted by Crippen LogP contribution is 2.34. The number of benzene rings is 1. The van der Waals surface area contributed by atoms with Gasteiger partial charge in [-0.2, -0.15) is 0 Å². The maximum Gasteiger partial charge on any atom is 0.0564 e. The van der Waals surface area contributed by atoms with E-state index in [0.717, 1.165) is 13.2 Å². The Balaban J connectivity index is 1.56. The topological polar surface area (TPSA) is 15.7 Å². The van der Waals surface area contributed by atoms with Crippen molar-refractivity contribution in [3.05, 3.63) is 35.9 Å². The van der Waals surface area contributed by atoms with Crippen LogP contribution in [-0.4, -0.2) is 54.2 Å². The quantitative estimate of drug-likeness (QED) is 0.850. The van der Waals surface area contributed by atoms with Gasteiger partial charge in [0.1, 0.15) is 0 Å². The van der Waals surface area contributed by atoms with Gasteiger partial charge in [0, 0.05) is 44.9 Å². The molecule has 2 saturated heterocycles. The molecular weight excluding hydrogens is 272 g/mol. The number of piperazine rings is 1. The minimum Gasteiger partial charge on any atom is -0.378 e. The first-order valence-electron chi connectivity index (χ1n) is 8.85. The van der Waals surface area contributed by atoms with Crippen LogP contribution in [0, 0.1) is 0 Å². The predicted molar refractivity (Wildman–Crippen MR) is 91.0 cm³/mol. The third-order valence-electron chi connectivity index (χ3n) is 5.59. The molecule has 2 aliphatic heterocycles. The lowest BCUT2D eigenvalue weighted by Gasteiger charge is -2.50. The first kappa shape index (κ1) is 16.0. The van der Waals surface area contributed by atoms with Crippen molar-refractivity contribution in [3.8, 4) is 0 Å². The van der Waals surface area contributed by atoms with Crippen LogP contribution in [0.15, 0.2) is 30.3 Å². The Bertz CT molecular complexity index is 456. The molecule has 0 bridgehead atoms. The molecule has 0 unspecified atom stereocenters. The summed E-state index contributed by atoms with van der Waals surface area (Å²) in [5, 5.41) is 0. The summed E-state index contributed by atoms with van der Waals surface area (Å²) in [6.07, 6.45) is 4.06. The Hall–Kier alpha value is -0.900. The number of hydrogen-bond acceptors (Lipinski definition) is 3. The second kappa shape index (κ2) is 7.12. The van der Waals surface area contributed by atoms with Gasteiger partial charge in [-0.05, 0) is 31.7 Å². The van der Waals surface area contributed by atoms with Gasteiger partial charge in [0.05, 0.1) is 6.10 Å². The van der Waals surface area contributed by atoms with E-state index >= 15 is 0 Å². The highest BCUT2D eigenvalue weighted by molar-refractivity contribution is 5.14. The van der Waals surface area contributed by atoms with Gasteiger partial charge in [0.2, 0.25) is 0 Å². The molecule has 0 aliphatic carbocycles. The molecule has 3 rings (SSSR count). The fourth-order valence-electron chi connectivity index (χ4n) is 4.20. The number of hydrogen-bond donors (Lipinski definition) is 0. The third-order valence-corrected chi connectivity index (χ3v) is 5.59. The molecule has 122 valence electrons. The normalized spacial score (nSPS) is 31.3. The standard InChI is InChI=1S/C19H30N2O/c1-3-19(9-14-22-17(2)15-19)21-12-10-20(11-13-21)16-18-7-5-4-6-8-18/h4-8,17H,3,9-16H2,1-2H3/t17-,19+/m0/s1. The van der Waals surface area contributed by atoms with Gasteiger partial charge < -0.3 is 4.74 Å². The lowest BCUT2D eigenvalue weighted by molar-refractivity contribution is -0.0814. The molecule has 0 N–H and O–H groups in total. The van der Waals surface area contributed by atoms with E-state index in [-0.39, 0.29) is 0 Å². The summed E-state index contributed by atoms with van der Waals surface area (Å²) in [6.45, 7) is 11.4. The van der Waals surface area contributed by atoms with Crippen LogP contribution in [0.4, 0.5) is 0 Å². The van der Waals surface area contributed by atoms with E-state index in [1.54, 1.807) is 0 Å². The summed E-state index contributed by atoms with van der Waals surface area (Å²) in [7, 11) is 0. The molecule has 0 amide bonds. The van der Waals surface area contributed by atoms with E-state index < -0.39 is 0 Å². The minimum atomic E-state index is 0.385. The summed E-state index contributed by atoms with van der Waals surface area (Å²) in [4.78, 5) is 5.35. The highest BCUT2D eigenvalue weighted by atomic mass is 16.5. The molecule has 2 fully saturated rings. The van der Waals surface area contributed by atoms with Crippen molar-refractivity contribution in [2.45, 2.75) is 51.3 Å². The van der Waals surface area contributed by atoms with E-state index in [0.29, 0.717) is 11.6 Å². The summed E-state index contributed by atoms with van der Waals surface area (Å²) >= 11 is 0. The van der Waals surface area contributed by atoms with E-state index in [1.165, 1.54) is 51.0 Å². The van der Waals surface area contributed by atoms with Crippen molar-refractivity contribution in [1.82, 2.24) is 9.80 Å². The fraction of sp³-hybridized carbons (Fsp3) is 0.684. The van der Waals surface area contributed by atoms with Gasteiger partial charge in [-0.25, -0.2) is 0 Å². The zero-order chi connectivity index (χ0) is 15.4. The zero-order valence-electron chi connectivity index (χ0n) is 14.1. The van der Waals surface area contributed by atoms with Crippen LogP contribution >= 0.6 is 0 Å². The van der Waals surface area contributed by atoms with Crippen LogP contribution in [0.3, 0.4) is 0 Å². The molecule has 22 heavy (non-hydrogen) atoms. The van der Waals surface area contributed by atoms with E-state index in [2.05, 4.69) is 54.0 Å². The van der Waals surface area contributed by atoms with Gasteiger partial charge in [-0.1, -0.05) is 37.3 Å². The lowest BCUT2D eigenvalue weighted by Crippen LogP contribution is -2.59. The first-order valence-corrected chi connectivity index (χ1v) is 8.85. The Morgan fingerprint density at radius 2 is 1.86 bits per heavy atom. The van der Waals surface area contributed by atoms with E-state index in [4.69, 9.17) is 4.74 Å². The largest absolute Gasteiger partial charge is 0.378 e. The van der Waals surface area contributed by atoms with Gasteiger partial charge in [0.15, 0.2) is 0 Å².